The first-order valence-corrected chi connectivity index (χ1v) is 10.0. The summed E-state index contributed by atoms with van der Waals surface area (Å²) in [6, 6.07) is 14.0. The number of hydrogen-bond acceptors (Lipinski definition) is 6. The molecule has 7 heteroatoms. The third kappa shape index (κ3) is 4.26. The van der Waals surface area contributed by atoms with E-state index < -0.39 is 5.97 Å². The molecule has 0 aliphatic rings. The van der Waals surface area contributed by atoms with Crippen molar-refractivity contribution in [1.29, 1.82) is 0 Å². The molecule has 0 unspecified atom stereocenters. The topological polar surface area (TPSA) is 83.0 Å². The molecule has 31 heavy (non-hydrogen) atoms. The number of aryl methyl sites for hydroxylation is 4. The number of hydrogen-bond donors (Lipinski definition) is 0. The lowest BCUT2D eigenvalue weighted by Gasteiger charge is -2.06. The Hall–Kier alpha value is -3.74. The first-order chi connectivity index (χ1) is 14.8. The minimum Gasteiger partial charge on any atom is -0.454 e. The molecule has 0 atom stereocenters. The van der Waals surface area contributed by atoms with E-state index in [0.717, 1.165) is 27.9 Å². The molecule has 0 N–H and O–H groups in total. The molecule has 2 aromatic carbocycles. The highest BCUT2D eigenvalue weighted by atomic mass is 16.5. The Morgan fingerprint density at radius 1 is 0.968 bits per heavy atom. The Morgan fingerprint density at radius 3 is 2.32 bits per heavy atom. The van der Waals surface area contributed by atoms with Gasteiger partial charge in [0.1, 0.15) is 18.1 Å². The number of esters is 1. The molecule has 0 saturated heterocycles. The monoisotopic (exact) mass is 416 g/mol. The molecule has 2 heterocycles. The van der Waals surface area contributed by atoms with Crippen molar-refractivity contribution in [3.8, 4) is 17.1 Å². The summed E-state index contributed by atoms with van der Waals surface area (Å²) in [5.41, 5.74) is 6.48. The maximum atomic E-state index is 12.6. The molecule has 0 spiro atoms. The Kier molecular flexibility index (Phi) is 5.42. The van der Waals surface area contributed by atoms with Crippen LogP contribution in [0, 0.1) is 34.6 Å². The Morgan fingerprint density at radius 2 is 1.65 bits per heavy atom. The second kappa shape index (κ2) is 8.18. The highest BCUT2D eigenvalue weighted by molar-refractivity contribution is 5.88. The van der Waals surface area contributed by atoms with Crippen LogP contribution in [0.5, 0.6) is 0 Å². The summed E-state index contributed by atoms with van der Waals surface area (Å²) in [7, 11) is 0. The van der Waals surface area contributed by atoms with Crippen molar-refractivity contribution in [1.82, 2.24) is 20.0 Å². The number of carbonyl (C=O) groups is 1. The van der Waals surface area contributed by atoms with Gasteiger partial charge in [-0.1, -0.05) is 29.0 Å². The summed E-state index contributed by atoms with van der Waals surface area (Å²) in [5, 5.41) is 8.19. The van der Waals surface area contributed by atoms with Crippen molar-refractivity contribution < 1.29 is 13.9 Å². The van der Waals surface area contributed by atoms with Gasteiger partial charge in [-0.25, -0.2) is 14.5 Å². The van der Waals surface area contributed by atoms with Crippen LogP contribution in [0.15, 0.2) is 46.9 Å². The largest absolute Gasteiger partial charge is 0.454 e. The molecule has 4 rings (SSSR count). The molecule has 0 saturated carbocycles. The molecule has 4 aromatic rings. The van der Waals surface area contributed by atoms with Gasteiger partial charge < -0.3 is 9.15 Å². The molecule has 158 valence electrons. The summed E-state index contributed by atoms with van der Waals surface area (Å²) in [6.45, 7) is 9.65. The fourth-order valence-corrected chi connectivity index (χ4v) is 3.42. The number of aromatic nitrogens is 4. The highest BCUT2D eigenvalue weighted by Crippen LogP contribution is 2.23. The van der Waals surface area contributed by atoms with Gasteiger partial charge in [0.05, 0.1) is 11.4 Å². The Labute approximate surface area is 180 Å². The minimum absolute atomic E-state index is 0.00409. The van der Waals surface area contributed by atoms with Gasteiger partial charge in [0, 0.05) is 5.56 Å². The SMILES string of the molecule is Cc1ccc(-c2nc(COC(=O)c3nnn(-c4cc(C)cc(C)c4)c3C)c(C)o2)cc1. The maximum absolute atomic E-state index is 12.6. The fourth-order valence-electron chi connectivity index (χ4n) is 3.42. The van der Waals surface area contributed by atoms with E-state index in [1.807, 2.05) is 57.2 Å². The first-order valence-electron chi connectivity index (χ1n) is 10.0. The van der Waals surface area contributed by atoms with Gasteiger partial charge in [-0.2, -0.15) is 0 Å². The van der Waals surface area contributed by atoms with Gasteiger partial charge in [0.2, 0.25) is 5.89 Å². The molecule has 0 fully saturated rings. The van der Waals surface area contributed by atoms with Gasteiger partial charge in [-0.05, 0) is 70.0 Å². The number of oxazole rings is 1. The van der Waals surface area contributed by atoms with E-state index in [1.54, 1.807) is 18.5 Å². The van der Waals surface area contributed by atoms with Crippen molar-refractivity contribution in [2.45, 2.75) is 41.2 Å². The normalized spacial score (nSPS) is 11.0. The molecule has 0 bridgehead atoms. The first kappa shape index (κ1) is 20.5. The molecule has 0 aliphatic carbocycles. The van der Waals surface area contributed by atoms with Crippen molar-refractivity contribution in [2.24, 2.45) is 0 Å². The van der Waals surface area contributed by atoms with Crippen LogP contribution < -0.4 is 0 Å². The van der Waals surface area contributed by atoms with Crippen LogP contribution in [0.3, 0.4) is 0 Å². The Balaban J connectivity index is 1.50. The third-order valence-electron chi connectivity index (χ3n) is 5.07. The predicted octanol–water partition coefficient (Wildman–Crippen LogP) is 4.82. The number of carbonyl (C=O) groups excluding carboxylic acids is 1. The van der Waals surface area contributed by atoms with Crippen LogP contribution in [-0.2, 0) is 11.3 Å². The van der Waals surface area contributed by atoms with Crippen molar-refractivity contribution in [3.05, 3.63) is 82.0 Å². The lowest BCUT2D eigenvalue weighted by molar-refractivity contribution is 0.0459. The Bertz CT molecular complexity index is 1230. The van der Waals surface area contributed by atoms with Gasteiger partial charge >= 0.3 is 5.97 Å². The quantitative estimate of drug-likeness (QED) is 0.434. The highest BCUT2D eigenvalue weighted by Gasteiger charge is 2.21. The maximum Gasteiger partial charge on any atom is 0.361 e. The molecule has 0 aliphatic heterocycles. The van der Waals surface area contributed by atoms with E-state index in [9.17, 15) is 4.79 Å². The van der Waals surface area contributed by atoms with Gasteiger partial charge in [0.25, 0.3) is 0 Å². The average Bonchev–Trinajstić information content (AvgIpc) is 3.28. The van der Waals surface area contributed by atoms with E-state index in [1.165, 1.54) is 0 Å². The van der Waals surface area contributed by atoms with Crippen LogP contribution in [0.4, 0.5) is 0 Å². The molecule has 0 amide bonds. The van der Waals surface area contributed by atoms with Gasteiger partial charge in [-0.3, -0.25) is 0 Å². The summed E-state index contributed by atoms with van der Waals surface area (Å²) in [5.74, 6) is 0.562. The van der Waals surface area contributed by atoms with Crippen molar-refractivity contribution in [3.63, 3.8) is 0 Å². The number of nitrogens with zero attached hydrogens (tertiary/aromatic N) is 4. The zero-order chi connectivity index (χ0) is 22.1. The summed E-state index contributed by atoms with van der Waals surface area (Å²) in [6.07, 6.45) is 0. The molecule has 7 nitrogen and oxygen atoms in total. The van der Waals surface area contributed by atoms with Gasteiger partial charge in [0.15, 0.2) is 5.69 Å². The van der Waals surface area contributed by atoms with Crippen LogP contribution in [0.1, 0.15) is 44.3 Å². The lowest BCUT2D eigenvalue weighted by atomic mass is 10.1. The smallest absolute Gasteiger partial charge is 0.361 e. The van der Waals surface area contributed by atoms with E-state index >= 15 is 0 Å². The standard InChI is InChI=1S/C24H24N4O3/c1-14-6-8-19(9-7-14)23-25-21(18(5)31-23)13-30-24(29)22-17(4)28(27-26-22)20-11-15(2)10-16(3)12-20/h6-12H,13H2,1-5H3. The lowest BCUT2D eigenvalue weighted by Crippen LogP contribution is -2.09. The fraction of sp³-hybridized carbons (Fsp3) is 0.250. The average molecular weight is 416 g/mol. The zero-order valence-corrected chi connectivity index (χ0v) is 18.3. The molecular weight excluding hydrogens is 392 g/mol. The molecule has 2 aromatic heterocycles. The summed E-state index contributed by atoms with van der Waals surface area (Å²) < 4.78 is 12.9. The van der Waals surface area contributed by atoms with Gasteiger partial charge in [-0.15, -0.1) is 5.10 Å². The van der Waals surface area contributed by atoms with E-state index in [4.69, 9.17) is 9.15 Å². The van der Waals surface area contributed by atoms with E-state index in [0.29, 0.717) is 23.0 Å². The van der Waals surface area contributed by atoms with E-state index in [-0.39, 0.29) is 12.3 Å². The van der Waals surface area contributed by atoms with Crippen LogP contribution in [0.2, 0.25) is 0 Å². The second-order valence-corrected chi connectivity index (χ2v) is 7.75. The zero-order valence-electron chi connectivity index (χ0n) is 18.3. The third-order valence-corrected chi connectivity index (χ3v) is 5.07. The predicted molar refractivity (Wildman–Crippen MR) is 116 cm³/mol. The van der Waals surface area contributed by atoms with Crippen LogP contribution in [0.25, 0.3) is 17.1 Å². The minimum atomic E-state index is -0.549. The summed E-state index contributed by atoms with van der Waals surface area (Å²) in [4.78, 5) is 17.1. The van der Waals surface area contributed by atoms with Crippen LogP contribution >= 0.6 is 0 Å². The van der Waals surface area contributed by atoms with Crippen molar-refractivity contribution >= 4 is 5.97 Å². The van der Waals surface area contributed by atoms with Crippen LogP contribution in [-0.4, -0.2) is 25.9 Å². The number of ether oxygens (including phenoxy) is 1. The van der Waals surface area contributed by atoms with E-state index in [2.05, 4.69) is 21.4 Å². The second-order valence-electron chi connectivity index (χ2n) is 7.75. The summed E-state index contributed by atoms with van der Waals surface area (Å²) >= 11 is 0. The van der Waals surface area contributed by atoms with Crippen molar-refractivity contribution in [2.75, 3.05) is 0 Å². The molecule has 0 radical (unpaired) electrons. The molecular formula is C24H24N4O3. The number of rotatable bonds is 5. The number of benzene rings is 2.